The quantitative estimate of drug-likeness (QED) is 0.938. The van der Waals surface area contributed by atoms with Crippen LogP contribution in [0.5, 0.6) is 0 Å². The number of hydrogen-bond acceptors (Lipinski definition) is 5. The third kappa shape index (κ3) is 3.22. The van der Waals surface area contributed by atoms with Crippen LogP contribution in [0.4, 0.5) is 5.13 Å². The first kappa shape index (κ1) is 13.2. The Bertz CT molecular complexity index is 547. The molecule has 102 valence electrons. The van der Waals surface area contributed by atoms with Gasteiger partial charge < -0.3 is 5.32 Å². The van der Waals surface area contributed by atoms with Gasteiger partial charge in [-0.3, -0.25) is 4.90 Å². The van der Waals surface area contributed by atoms with Crippen molar-refractivity contribution in [2.45, 2.75) is 6.92 Å². The lowest BCUT2D eigenvalue weighted by atomic mass is 10.2. The van der Waals surface area contributed by atoms with Crippen molar-refractivity contribution in [3.05, 3.63) is 23.8 Å². The fourth-order valence-corrected chi connectivity index (χ4v) is 4.26. The van der Waals surface area contributed by atoms with E-state index in [1.165, 1.54) is 34.9 Å². The molecule has 0 amide bonds. The molecule has 1 aliphatic heterocycles. The van der Waals surface area contributed by atoms with E-state index in [-0.39, 0.29) is 0 Å². The second-order valence-corrected chi connectivity index (χ2v) is 7.08. The minimum absolute atomic E-state index is 0.990. The molecule has 3 rings (SSSR count). The predicted octanol–water partition coefficient (Wildman–Crippen LogP) is 3.07. The number of thiazole rings is 1. The van der Waals surface area contributed by atoms with E-state index in [9.17, 15) is 0 Å². The first-order valence-electron chi connectivity index (χ1n) is 6.73. The molecule has 2 heterocycles. The molecule has 1 aromatic heterocycles. The summed E-state index contributed by atoms with van der Waals surface area (Å²) in [5, 5.41) is 4.52. The van der Waals surface area contributed by atoms with Crippen LogP contribution in [-0.2, 0) is 0 Å². The van der Waals surface area contributed by atoms with E-state index >= 15 is 0 Å². The maximum atomic E-state index is 4.68. The number of aromatic nitrogens is 1. The van der Waals surface area contributed by atoms with Gasteiger partial charge in [0.1, 0.15) is 0 Å². The molecule has 0 unspecified atom stereocenters. The molecule has 2 aromatic rings. The minimum atomic E-state index is 0.990. The van der Waals surface area contributed by atoms with Crippen molar-refractivity contribution in [3.63, 3.8) is 0 Å². The van der Waals surface area contributed by atoms with Crippen LogP contribution >= 0.6 is 23.1 Å². The molecule has 0 saturated carbocycles. The number of nitrogens with one attached hydrogen (secondary N) is 1. The van der Waals surface area contributed by atoms with Crippen LogP contribution < -0.4 is 5.32 Å². The Balaban J connectivity index is 1.57. The molecule has 0 aliphatic carbocycles. The van der Waals surface area contributed by atoms with Crippen molar-refractivity contribution in [2.24, 2.45) is 0 Å². The average Bonchev–Trinajstić information content (AvgIpc) is 2.84. The number of nitrogens with zero attached hydrogens (tertiary/aromatic N) is 2. The number of aryl methyl sites for hydroxylation is 1. The van der Waals surface area contributed by atoms with Crippen molar-refractivity contribution in [1.82, 2.24) is 9.88 Å². The van der Waals surface area contributed by atoms with Gasteiger partial charge in [0.2, 0.25) is 0 Å². The highest BCUT2D eigenvalue weighted by atomic mass is 32.2. The smallest absolute Gasteiger partial charge is 0.183 e. The summed E-state index contributed by atoms with van der Waals surface area (Å²) in [6.45, 7) is 6.69. The lowest BCUT2D eigenvalue weighted by Gasteiger charge is -2.25. The molecular weight excluding hydrogens is 274 g/mol. The third-order valence-electron chi connectivity index (χ3n) is 3.43. The van der Waals surface area contributed by atoms with Gasteiger partial charge in [-0.25, -0.2) is 4.98 Å². The van der Waals surface area contributed by atoms with E-state index in [1.54, 1.807) is 11.3 Å². The van der Waals surface area contributed by atoms with Gasteiger partial charge >= 0.3 is 0 Å². The van der Waals surface area contributed by atoms with Gasteiger partial charge in [0.05, 0.1) is 10.2 Å². The normalized spacial score (nSPS) is 16.9. The highest BCUT2D eigenvalue weighted by molar-refractivity contribution is 7.99. The molecule has 3 nitrogen and oxygen atoms in total. The van der Waals surface area contributed by atoms with Gasteiger partial charge in [0, 0.05) is 37.7 Å². The summed E-state index contributed by atoms with van der Waals surface area (Å²) in [6.07, 6.45) is 0. The lowest BCUT2D eigenvalue weighted by molar-refractivity contribution is 0.314. The van der Waals surface area contributed by atoms with E-state index in [0.29, 0.717) is 0 Å². The summed E-state index contributed by atoms with van der Waals surface area (Å²) >= 11 is 3.81. The van der Waals surface area contributed by atoms with Crippen LogP contribution in [0.3, 0.4) is 0 Å². The van der Waals surface area contributed by atoms with Gasteiger partial charge in [0.25, 0.3) is 0 Å². The van der Waals surface area contributed by atoms with Gasteiger partial charge in [-0.15, -0.1) is 0 Å². The van der Waals surface area contributed by atoms with Crippen LogP contribution in [0.25, 0.3) is 10.2 Å². The molecule has 0 atom stereocenters. The lowest BCUT2D eigenvalue weighted by Crippen LogP contribution is -2.36. The topological polar surface area (TPSA) is 28.2 Å². The van der Waals surface area contributed by atoms with E-state index < -0.39 is 0 Å². The number of fused-ring (bicyclic) bond motifs is 1. The zero-order chi connectivity index (χ0) is 13.1. The van der Waals surface area contributed by atoms with Crippen molar-refractivity contribution >= 4 is 38.4 Å². The first-order valence-corrected chi connectivity index (χ1v) is 8.70. The zero-order valence-electron chi connectivity index (χ0n) is 11.2. The molecule has 1 aromatic carbocycles. The van der Waals surface area contributed by atoms with E-state index in [1.807, 2.05) is 0 Å². The Hall–Kier alpha value is -0.780. The molecular formula is C14H19N3S2. The number of thioether (sulfide) groups is 1. The molecule has 1 N–H and O–H groups in total. The highest BCUT2D eigenvalue weighted by Gasteiger charge is 2.10. The number of rotatable bonds is 4. The Labute approximate surface area is 122 Å². The molecule has 1 saturated heterocycles. The van der Waals surface area contributed by atoms with Gasteiger partial charge in [-0.05, 0) is 18.6 Å². The fraction of sp³-hybridized carbons (Fsp3) is 0.500. The van der Waals surface area contributed by atoms with Gasteiger partial charge in [0.15, 0.2) is 5.13 Å². The summed E-state index contributed by atoms with van der Waals surface area (Å²) in [6, 6.07) is 6.37. The largest absolute Gasteiger partial charge is 0.360 e. The van der Waals surface area contributed by atoms with E-state index in [2.05, 4.69) is 52.1 Å². The SMILES string of the molecule is Cc1cccc2sc(NCCN3CCSCC3)nc12. The predicted molar refractivity (Wildman–Crippen MR) is 86.6 cm³/mol. The molecule has 0 bridgehead atoms. The van der Waals surface area contributed by atoms with Crippen molar-refractivity contribution in [3.8, 4) is 0 Å². The van der Waals surface area contributed by atoms with Crippen LogP contribution in [0.2, 0.25) is 0 Å². The molecule has 19 heavy (non-hydrogen) atoms. The van der Waals surface area contributed by atoms with Crippen molar-refractivity contribution < 1.29 is 0 Å². The molecule has 1 aliphatic rings. The summed E-state index contributed by atoms with van der Waals surface area (Å²) in [5.74, 6) is 2.56. The number of benzene rings is 1. The molecule has 0 radical (unpaired) electrons. The summed E-state index contributed by atoms with van der Waals surface area (Å²) in [5.41, 5.74) is 2.40. The van der Waals surface area contributed by atoms with Crippen LogP contribution in [0, 0.1) is 6.92 Å². The van der Waals surface area contributed by atoms with Gasteiger partial charge in [-0.2, -0.15) is 11.8 Å². The number of para-hydroxylation sites is 1. The Morgan fingerprint density at radius 3 is 2.95 bits per heavy atom. The summed E-state index contributed by atoms with van der Waals surface area (Å²) < 4.78 is 1.27. The van der Waals surface area contributed by atoms with E-state index in [4.69, 9.17) is 0 Å². The number of hydrogen-bond donors (Lipinski definition) is 1. The van der Waals surface area contributed by atoms with Crippen LogP contribution in [0.1, 0.15) is 5.56 Å². The molecule has 0 spiro atoms. The second-order valence-electron chi connectivity index (χ2n) is 4.82. The summed E-state index contributed by atoms with van der Waals surface area (Å²) in [4.78, 5) is 7.21. The van der Waals surface area contributed by atoms with Crippen LogP contribution in [0.15, 0.2) is 18.2 Å². The maximum absolute atomic E-state index is 4.68. The van der Waals surface area contributed by atoms with Crippen molar-refractivity contribution in [1.29, 1.82) is 0 Å². The summed E-state index contributed by atoms with van der Waals surface area (Å²) in [7, 11) is 0. The fourth-order valence-electron chi connectivity index (χ4n) is 2.31. The average molecular weight is 293 g/mol. The third-order valence-corrected chi connectivity index (χ3v) is 5.35. The highest BCUT2D eigenvalue weighted by Crippen LogP contribution is 2.27. The Morgan fingerprint density at radius 1 is 1.32 bits per heavy atom. The molecule has 1 fully saturated rings. The standard InChI is InChI=1S/C14H19N3S2/c1-11-3-2-4-12-13(11)16-14(19-12)15-5-6-17-7-9-18-10-8-17/h2-4H,5-10H2,1H3,(H,15,16). The minimum Gasteiger partial charge on any atom is -0.360 e. The second kappa shape index (κ2) is 6.11. The Morgan fingerprint density at radius 2 is 2.16 bits per heavy atom. The van der Waals surface area contributed by atoms with E-state index in [0.717, 1.165) is 23.7 Å². The van der Waals surface area contributed by atoms with Crippen LogP contribution in [-0.4, -0.2) is 47.6 Å². The maximum Gasteiger partial charge on any atom is 0.183 e. The monoisotopic (exact) mass is 293 g/mol. The Kier molecular flexibility index (Phi) is 4.25. The number of anilines is 1. The van der Waals surface area contributed by atoms with Crippen molar-refractivity contribution in [2.75, 3.05) is 43.0 Å². The zero-order valence-corrected chi connectivity index (χ0v) is 12.8. The van der Waals surface area contributed by atoms with Gasteiger partial charge in [-0.1, -0.05) is 23.5 Å². The first-order chi connectivity index (χ1) is 9.33. The molecule has 5 heteroatoms.